The van der Waals surface area contributed by atoms with E-state index in [1.165, 1.54) is 5.56 Å². The summed E-state index contributed by atoms with van der Waals surface area (Å²) in [5.74, 6) is -0.0158. The molecule has 2 rings (SSSR count). The van der Waals surface area contributed by atoms with E-state index in [0.717, 1.165) is 25.8 Å². The van der Waals surface area contributed by atoms with E-state index >= 15 is 0 Å². The summed E-state index contributed by atoms with van der Waals surface area (Å²) >= 11 is 1.67. The summed E-state index contributed by atoms with van der Waals surface area (Å²) in [5, 5.41) is 10.0. The standard InChI is InChI=1S/C16H25N3O2S/c1-3-17-15(20)14-5-4-7-19(10-14)16(21)18-12(2)9-13-6-8-22-11-13/h6,8,11-12,14H,3-5,7,9-10H2,1-2H3,(H,17,20)(H,18,21)/t12-,14-/m0/s1. The lowest BCUT2D eigenvalue weighted by Gasteiger charge is -2.32. The van der Waals surface area contributed by atoms with Crippen LogP contribution in [-0.2, 0) is 11.2 Å². The molecule has 1 fully saturated rings. The lowest BCUT2D eigenvalue weighted by molar-refractivity contribution is -0.126. The van der Waals surface area contributed by atoms with Gasteiger partial charge in [0, 0.05) is 25.7 Å². The highest BCUT2D eigenvalue weighted by Crippen LogP contribution is 2.17. The monoisotopic (exact) mass is 323 g/mol. The molecule has 1 saturated heterocycles. The Bertz CT molecular complexity index is 490. The van der Waals surface area contributed by atoms with Gasteiger partial charge in [-0.15, -0.1) is 0 Å². The van der Waals surface area contributed by atoms with Gasteiger partial charge in [0.15, 0.2) is 0 Å². The molecule has 6 heteroatoms. The van der Waals surface area contributed by atoms with Crippen molar-refractivity contribution in [3.8, 4) is 0 Å². The van der Waals surface area contributed by atoms with Crippen LogP contribution in [0.4, 0.5) is 4.79 Å². The minimum Gasteiger partial charge on any atom is -0.356 e. The molecule has 1 aromatic heterocycles. The normalized spacial score (nSPS) is 19.5. The first kappa shape index (κ1) is 16.8. The Labute approximate surface area is 136 Å². The zero-order valence-electron chi connectivity index (χ0n) is 13.3. The Morgan fingerprint density at radius 1 is 1.50 bits per heavy atom. The molecule has 0 unspecified atom stereocenters. The molecular weight excluding hydrogens is 298 g/mol. The van der Waals surface area contributed by atoms with Crippen molar-refractivity contribution in [1.29, 1.82) is 0 Å². The fourth-order valence-corrected chi connectivity index (χ4v) is 3.49. The van der Waals surface area contributed by atoms with Crippen LogP contribution in [0.15, 0.2) is 16.8 Å². The van der Waals surface area contributed by atoms with E-state index in [9.17, 15) is 9.59 Å². The third kappa shape index (κ3) is 4.73. The van der Waals surface area contributed by atoms with Crippen molar-refractivity contribution in [2.45, 2.75) is 39.2 Å². The van der Waals surface area contributed by atoms with Gasteiger partial charge in [0.2, 0.25) is 5.91 Å². The Hall–Kier alpha value is -1.56. The first-order valence-corrected chi connectivity index (χ1v) is 8.88. The average molecular weight is 323 g/mol. The molecular formula is C16H25N3O2S. The molecule has 2 heterocycles. The number of thiophene rings is 1. The number of piperidine rings is 1. The third-order valence-electron chi connectivity index (χ3n) is 3.92. The molecule has 0 spiro atoms. The molecule has 1 aromatic rings. The third-order valence-corrected chi connectivity index (χ3v) is 4.65. The lowest BCUT2D eigenvalue weighted by atomic mass is 9.97. The van der Waals surface area contributed by atoms with E-state index < -0.39 is 0 Å². The SMILES string of the molecule is CCNC(=O)[C@H]1CCCN(C(=O)N[C@@H](C)Cc2ccsc2)C1. The molecule has 0 radical (unpaired) electrons. The van der Waals surface area contributed by atoms with Crippen molar-refractivity contribution in [2.24, 2.45) is 5.92 Å². The number of likely N-dealkylation sites (tertiary alicyclic amines) is 1. The zero-order valence-corrected chi connectivity index (χ0v) is 14.1. The summed E-state index contributed by atoms with van der Waals surface area (Å²) in [4.78, 5) is 26.1. The van der Waals surface area contributed by atoms with Crippen molar-refractivity contribution in [3.63, 3.8) is 0 Å². The summed E-state index contributed by atoms with van der Waals surface area (Å²) in [7, 11) is 0. The van der Waals surface area contributed by atoms with Gasteiger partial charge in [0.25, 0.3) is 0 Å². The van der Waals surface area contributed by atoms with E-state index in [1.54, 1.807) is 16.2 Å². The average Bonchev–Trinajstić information content (AvgIpc) is 3.00. The number of urea groups is 1. The molecule has 1 aliphatic rings. The van der Waals surface area contributed by atoms with E-state index in [0.29, 0.717) is 13.1 Å². The van der Waals surface area contributed by atoms with E-state index in [1.807, 2.05) is 19.2 Å². The Balaban J connectivity index is 1.82. The zero-order chi connectivity index (χ0) is 15.9. The van der Waals surface area contributed by atoms with Crippen LogP contribution in [0, 0.1) is 5.92 Å². The van der Waals surface area contributed by atoms with E-state index in [-0.39, 0.29) is 23.9 Å². The van der Waals surface area contributed by atoms with Crippen molar-refractivity contribution < 1.29 is 9.59 Å². The number of carbonyl (C=O) groups excluding carboxylic acids is 2. The van der Waals surface area contributed by atoms with Crippen LogP contribution in [0.5, 0.6) is 0 Å². The molecule has 22 heavy (non-hydrogen) atoms. The molecule has 2 atom stereocenters. The molecule has 3 amide bonds. The fourth-order valence-electron chi connectivity index (χ4n) is 2.81. The summed E-state index contributed by atoms with van der Waals surface area (Å²) in [6.07, 6.45) is 2.58. The van der Waals surface area contributed by atoms with Gasteiger partial charge in [0.05, 0.1) is 5.92 Å². The highest BCUT2D eigenvalue weighted by atomic mass is 32.1. The van der Waals surface area contributed by atoms with Crippen LogP contribution >= 0.6 is 11.3 Å². The maximum atomic E-state index is 12.3. The lowest BCUT2D eigenvalue weighted by Crippen LogP contribution is -2.50. The van der Waals surface area contributed by atoms with Crippen molar-refractivity contribution in [1.82, 2.24) is 15.5 Å². The van der Waals surface area contributed by atoms with E-state index in [2.05, 4.69) is 22.1 Å². The minimum atomic E-state index is -0.0772. The van der Waals surface area contributed by atoms with Crippen molar-refractivity contribution in [3.05, 3.63) is 22.4 Å². The molecule has 0 saturated carbocycles. The highest BCUT2D eigenvalue weighted by Gasteiger charge is 2.28. The van der Waals surface area contributed by atoms with Crippen LogP contribution in [0.1, 0.15) is 32.3 Å². The number of nitrogens with one attached hydrogen (secondary N) is 2. The van der Waals surface area contributed by atoms with Gasteiger partial charge in [-0.05, 0) is 55.5 Å². The van der Waals surface area contributed by atoms with Crippen molar-refractivity contribution in [2.75, 3.05) is 19.6 Å². The van der Waals surface area contributed by atoms with E-state index in [4.69, 9.17) is 0 Å². The Morgan fingerprint density at radius 2 is 2.32 bits per heavy atom. The van der Waals surface area contributed by atoms with Gasteiger partial charge in [-0.25, -0.2) is 4.79 Å². The molecule has 0 aromatic carbocycles. The van der Waals surface area contributed by atoms with Gasteiger partial charge in [0.1, 0.15) is 0 Å². The van der Waals surface area contributed by atoms with Crippen LogP contribution in [0.25, 0.3) is 0 Å². The van der Waals surface area contributed by atoms with Crippen LogP contribution in [0.3, 0.4) is 0 Å². The topological polar surface area (TPSA) is 61.4 Å². The first-order valence-electron chi connectivity index (χ1n) is 7.94. The van der Waals surface area contributed by atoms with Gasteiger partial charge in [-0.3, -0.25) is 4.79 Å². The number of nitrogens with zero attached hydrogens (tertiary/aromatic N) is 1. The van der Waals surface area contributed by atoms with Crippen LogP contribution in [0.2, 0.25) is 0 Å². The summed E-state index contributed by atoms with van der Waals surface area (Å²) in [6.45, 7) is 5.81. The predicted octanol–water partition coefficient (Wildman–Crippen LogP) is 2.24. The maximum absolute atomic E-state index is 12.3. The molecule has 1 aliphatic heterocycles. The number of amides is 3. The number of carbonyl (C=O) groups is 2. The fraction of sp³-hybridized carbons (Fsp3) is 0.625. The summed E-state index contributed by atoms with van der Waals surface area (Å²) in [5.41, 5.74) is 1.25. The quantitative estimate of drug-likeness (QED) is 0.873. The van der Waals surface area contributed by atoms with Gasteiger partial charge >= 0.3 is 6.03 Å². The smallest absolute Gasteiger partial charge is 0.317 e. The largest absolute Gasteiger partial charge is 0.356 e. The Kier molecular flexibility index (Phi) is 6.24. The minimum absolute atomic E-state index is 0.0586. The van der Waals surface area contributed by atoms with Crippen LogP contribution in [-0.4, -0.2) is 42.5 Å². The number of hydrogen-bond donors (Lipinski definition) is 2. The highest BCUT2D eigenvalue weighted by molar-refractivity contribution is 7.07. The second-order valence-electron chi connectivity index (χ2n) is 5.87. The molecule has 0 bridgehead atoms. The molecule has 5 nitrogen and oxygen atoms in total. The Morgan fingerprint density at radius 3 is 3.00 bits per heavy atom. The summed E-state index contributed by atoms with van der Waals surface area (Å²) < 4.78 is 0. The van der Waals surface area contributed by atoms with Gasteiger partial charge in [-0.1, -0.05) is 0 Å². The first-order chi connectivity index (χ1) is 10.6. The van der Waals surface area contributed by atoms with Gasteiger partial charge < -0.3 is 15.5 Å². The molecule has 122 valence electrons. The number of rotatable bonds is 5. The predicted molar refractivity (Wildman–Crippen MR) is 89.0 cm³/mol. The number of hydrogen-bond acceptors (Lipinski definition) is 3. The van der Waals surface area contributed by atoms with Crippen LogP contribution < -0.4 is 10.6 Å². The summed E-state index contributed by atoms with van der Waals surface area (Å²) in [6, 6.07) is 2.11. The van der Waals surface area contributed by atoms with Gasteiger partial charge in [-0.2, -0.15) is 11.3 Å². The molecule has 0 aliphatic carbocycles. The second-order valence-corrected chi connectivity index (χ2v) is 6.65. The second kappa shape index (κ2) is 8.17. The maximum Gasteiger partial charge on any atom is 0.317 e. The molecule has 2 N–H and O–H groups in total. The van der Waals surface area contributed by atoms with Crippen molar-refractivity contribution >= 4 is 23.3 Å².